The molecule has 1 N–H and O–H groups in total. The molecular formula is C28H33N5O3. The second kappa shape index (κ2) is 10.5. The zero-order valence-electron chi connectivity index (χ0n) is 21.2. The Labute approximate surface area is 212 Å². The van der Waals surface area contributed by atoms with Crippen LogP contribution < -0.4 is 15.0 Å². The number of hydrogen-bond acceptors (Lipinski definition) is 6. The highest BCUT2D eigenvalue weighted by Crippen LogP contribution is 2.30. The molecule has 188 valence electrons. The third-order valence-corrected chi connectivity index (χ3v) is 6.94. The van der Waals surface area contributed by atoms with Crippen molar-refractivity contribution in [1.29, 1.82) is 0 Å². The van der Waals surface area contributed by atoms with Gasteiger partial charge in [0.25, 0.3) is 0 Å². The molecule has 36 heavy (non-hydrogen) atoms. The van der Waals surface area contributed by atoms with Gasteiger partial charge in [-0.15, -0.1) is 0 Å². The summed E-state index contributed by atoms with van der Waals surface area (Å²) < 4.78 is 11.1. The zero-order chi connectivity index (χ0) is 25.1. The van der Waals surface area contributed by atoms with Crippen molar-refractivity contribution in [2.45, 2.75) is 33.2 Å². The zero-order valence-corrected chi connectivity index (χ0v) is 21.2. The summed E-state index contributed by atoms with van der Waals surface area (Å²) in [5, 5.41) is 3.13. The maximum Gasteiger partial charge on any atom is 0.322 e. The lowest BCUT2D eigenvalue weighted by Gasteiger charge is -2.34. The number of amides is 2. The second-order valence-corrected chi connectivity index (χ2v) is 9.35. The Kier molecular flexibility index (Phi) is 7.04. The monoisotopic (exact) mass is 487 g/mol. The maximum absolute atomic E-state index is 13.3. The minimum atomic E-state index is -0.0934. The number of anilines is 2. The summed E-state index contributed by atoms with van der Waals surface area (Å²) in [4.78, 5) is 27.4. The Balaban J connectivity index is 1.44. The molecule has 0 saturated carbocycles. The van der Waals surface area contributed by atoms with Gasteiger partial charge < -0.3 is 24.6 Å². The van der Waals surface area contributed by atoms with E-state index >= 15 is 0 Å². The molecule has 5 rings (SSSR count). The highest BCUT2D eigenvalue weighted by Gasteiger charge is 2.29. The van der Waals surface area contributed by atoms with E-state index in [2.05, 4.69) is 16.3 Å². The second-order valence-electron chi connectivity index (χ2n) is 9.35. The summed E-state index contributed by atoms with van der Waals surface area (Å²) in [6.07, 6.45) is 1.28. The van der Waals surface area contributed by atoms with E-state index in [9.17, 15) is 4.79 Å². The number of nitrogens with zero attached hydrogens (tertiary/aromatic N) is 4. The molecule has 0 atom stereocenters. The first-order valence-corrected chi connectivity index (χ1v) is 12.5. The number of aryl methyl sites for hydroxylation is 2. The summed E-state index contributed by atoms with van der Waals surface area (Å²) in [6.45, 7) is 7.99. The molecule has 0 aliphatic carbocycles. The van der Waals surface area contributed by atoms with Gasteiger partial charge in [0.15, 0.2) is 0 Å². The number of aromatic nitrogens is 2. The number of methoxy groups -OCH3 is 1. The SMILES string of the molecule is COc1ccccc1Cc1nc2c(c(N3CCOCC3)n1)CN(C(=O)Nc1c(C)cccc1C)CC2. The van der Waals surface area contributed by atoms with Crippen molar-refractivity contribution in [1.82, 2.24) is 14.9 Å². The number of carbonyl (C=O) groups excluding carboxylic acids is 1. The van der Waals surface area contributed by atoms with Gasteiger partial charge in [-0.2, -0.15) is 0 Å². The fourth-order valence-corrected chi connectivity index (χ4v) is 4.95. The predicted octanol–water partition coefficient (Wildman–Crippen LogP) is 4.12. The molecule has 8 nitrogen and oxygen atoms in total. The molecule has 0 unspecified atom stereocenters. The molecule has 8 heteroatoms. The molecule has 3 aromatic rings. The summed E-state index contributed by atoms with van der Waals surface area (Å²) in [5.41, 5.74) is 6.10. The van der Waals surface area contributed by atoms with Crippen LogP contribution in [-0.4, -0.2) is 60.9 Å². The lowest BCUT2D eigenvalue weighted by atomic mass is 10.0. The highest BCUT2D eigenvalue weighted by molar-refractivity contribution is 5.91. The molecule has 1 saturated heterocycles. The van der Waals surface area contributed by atoms with Crippen LogP contribution in [0.5, 0.6) is 5.75 Å². The van der Waals surface area contributed by atoms with E-state index in [-0.39, 0.29) is 6.03 Å². The van der Waals surface area contributed by atoms with Gasteiger partial charge in [0.05, 0.1) is 32.6 Å². The fraction of sp³-hybridized carbons (Fsp3) is 0.393. The van der Waals surface area contributed by atoms with E-state index in [0.717, 1.165) is 64.1 Å². The van der Waals surface area contributed by atoms with Crippen molar-refractivity contribution in [3.8, 4) is 5.75 Å². The van der Waals surface area contributed by atoms with Gasteiger partial charge in [-0.1, -0.05) is 36.4 Å². The van der Waals surface area contributed by atoms with Gasteiger partial charge in [-0.3, -0.25) is 0 Å². The van der Waals surface area contributed by atoms with E-state index < -0.39 is 0 Å². The third kappa shape index (κ3) is 4.99. The third-order valence-electron chi connectivity index (χ3n) is 6.94. The summed E-state index contributed by atoms with van der Waals surface area (Å²) >= 11 is 0. The number of para-hydroxylation sites is 2. The topological polar surface area (TPSA) is 79.8 Å². The van der Waals surface area contributed by atoms with Crippen LogP contribution in [0.1, 0.15) is 33.8 Å². The fourth-order valence-electron chi connectivity index (χ4n) is 4.95. The Morgan fingerprint density at radius 1 is 1.03 bits per heavy atom. The van der Waals surface area contributed by atoms with E-state index in [1.807, 2.05) is 55.1 Å². The van der Waals surface area contributed by atoms with Crippen LogP contribution in [-0.2, 0) is 24.1 Å². The number of morpholine rings is 1. The first kappa shape index (κ1) is 24.1. The Hall–Kier alpha value is -3.65. The molecule has 2 aliphatic heterocycles. The lowest BCUT2D eigenvalue weighted by molar-refractivity contribution is 0.122. The lowest BCUT2D eigenvalue weighted by Crippen LogP contribution is -2.42. The van der Waals surface area contributed by atoms with Crippen LogP contribution in [0.4, 0.5) is 16.3 Å². The van der Waals surface area contributed by atoms with Gasteiger partial charge in [0, 0.05) is 49.3 Å². The van der Waals surface area contributed by atoms with Crippen LogP contribution in [0.25, 0.3) is 0 Å². The molecule has 3 heterocycles. The largest absolute Gasteiger partial charge is 0.496 e. The first-order valence-electron chi connectivity index (χ1n) is 12.5. The van der Waals surface area contributed by atoms with Crippen molar-refractivity contribution in [3.05, 3.63) is 76.2 Å². The molecule has 2 amide bonds. The quantitative estimate of drug-likeness (QED) is 0.583. The Bertz CT molecular complexity index is 1240. The number of benzene rings is 2. The van der Waals surface area contributed by atoms with Crippen LogP contribution in [0.2, 0.25) is 0 Å². The molecule has 1 fully saturated rings. The number of rotatable bonds is 5. The number of fused-ring (bicyclic) bond motifs is 1. The highest BCUT2D eigenvalue weighted by atomic mass is 16.5. The molecule has 0 radical (unpaired) electrons. The molecule has 2 aliphatic rings. The first-order chi connectivity index (χ1) is 17.5. The van der Waals surface area contributed by atoms with E-state index in [1.165, 1.54) is 0 Å². The van der Waals surface area contributed by atoms with E-state index in [0.29, 0.717) is 39.1 Å². The maximum atomic E-state index is 13.3. The van der Waals surface area contributed by atoms with Gasteiger partial charge >= 0.3 is 6.03 Å². The molecule has 1 aromatic heterocycles. The Morgan fingerprint density at radius 2 is 1.78 bits per heavy atom. The molecule has 0 bridgehead atoms. The number of urea groups is 1. The van der Waals surface area contributed by atoms with Crippen LogP contribution >= 0.6 is 0 Å². The van der Waals surface area contributed by atoms with Gasteiger partial charge in [-0.05, 0) is 31.0 Å². The van der Waals surface area contributed by atoms with E-state index in [1.54, 1.807) is 7.11 Å². The average Bonchev–Trinajstić information content (AvgIpc) is 2.91. The molecule has 2 aromatic carbocycles. The van der Waals surface area contributed by atoms with Crippen molar-refractivity contribution in [2.24, 2.45) is 0 Å². The number of carbonyl (C=O) groups is 1. The van der Waals surface area contributed by atoms with Crippen molar-refractivity contribution < 1.29 is 14.3 Å². The van der Waals surface area contributed by atoms with Crippen molar-refractivity contribution in [2.75, 3.05) is 50.2 Å². The molecule has 0 spiro atoms. The normalized spacial score (nSPS) is 15.4. The van der Waals surface area contributed by atoms with Crippen molar-refractivity contribution in [3.63, 3.8) is 0 Å². The Morgan fingerprint density at radius 3 is 2.53 bits per heavy atom. The minimum Gasteiger partial charge on any atom is -0.496 e. The van der Waals surface area contributed by atoms with Gasteiger partial charge in [0.1, 0.15) is 17.4 Å². The summed E-state index contributed by atoms with van der Waals surface area (Å²) in [7, 11) is 1.68. The van der Waals surface area contributed by atoms with Crippen LogP contribution in [0, 0.1) is 13.8 Å². The number of ether oxygens (including phenoxy) is 2. The summed E-state index contributed by atoms with van der Waals surface area (Å²) in [6, 6.07) is 13.9. The van der Waals surface area contributed by atoms with Crippen LogP contribution in [0.15, 0.2) is 42.5 Å². The standard InChI is InChI=1S/C28H33N5O3/c1-19-7-6-8-20(2)26(19)31-28(34)33-12-11-23-22(18-33)27(32-13-15-36-16-14-32)30-25(29-23)17-21-9-4-5-10-24(21)35-3/h4-10H,11-18H2,1-3H3,(H,31,34). The predicted molar refractivity (Wildman–Crippen MR) is 140 cm³/mol. The number of hydrogen-bond donors (Lipinski definition) is 1. The summed E-state index contributed by atoms with van der Waals surface area (Å²) in [5.74, 6) is 2.52. The van der Waals surface area contributed by atoms with E-state index in [4.69, 9.17) is 19.4 Å². The molecular weight excluding hydrogens is 454 g/mol. The van der Waals surface area contributed by atoms with Gasteiger partial charge in [0.2, 0.25) is 0 Å². The van der Waals surface area contributed by atoms with Crippen molar-refractivity contribution >= 4 is 17.5 Å². The number of nitrogens with one attached hydrogen (secondary N) is 1. The van der Waals surface area contributed by atoms with Gasteiger partial charge in [-0.25, -0.2) is 14.8 Å². The van der Waals surface area contributed by atoms with Crippen LogP contribution in [0.3, 0.4) is 0 Å². The average molecular weight is 488 g/mol. The minimum absolute atomic E-state index is 0.0934. The smallest absolute Gasteiger partial charge is 0.322 e.